The maximum absolute atomic E-state index is 13.7. The van der Waals surface area contributed by atoms with Crippen LogP contribution in [-0.2, 0) is 10.3 Å². The molecule has 0 bridgehead atoms. The highest BCUT2D eigenvalue weighted by molar-refractivity contribution is 6.06. The first-order chi connectivity index (χ1) is 11.3. The fourth-order valence-electron chi connectivity index (χ4n) is 2.63. The highest BCUT2D eigenvalue weighted by Gasteiger charge is 2.51. The van der Waals surface area contributed by atoms with Gasteiger partial charge in [0.25, 0.3) is 5.91 Å². The third-order valence-electron chi connectivity index (χ3n) is 3.96. The maximum Gasteiger partial charge on any atom is 0.325 e. The van der Waals surface area contributed by atoms with Crippen molar-refractivity contribution in [3.05, 3.63) is 59.6 Å². The molecule has 0 saturated carbocycles. The normalized spacial score (nSPS) is 21.9. The van der Waals surface area contributed by atoms with Crippen molar-refractivity contribution in [3.63, 3.8) is 0 Å². The Morgan fingerprint density at radius 2 is 2.08 bits per heavy atom. The molecule has 0 spiro atoms. The zero-order valence-electron chi connectivity index (χ0n) is 12.6. The van der Waals surface area contributed by atoms with Crippen LogP contribution in [0.15, 0.2) is 41.0 Å². The summed E-state index contributed by atoms with van der Waals surface area (Å²) < 4.78 is 32.1. The average Bonchev–Trinajstić information content (AvgIpc) is 3.14. The Hall–Kier alpha value is -2.74. The van der Waals surface area contributed by atoms with E-state index in [-0.39, 0.29) is 11.3 Å². The Labute approximate surface area is 135 Å². The maximum atomic E-state index is 13.7. The molecule has 2 atom stereocenters. The molecule has 0 unspecified atom stereocenters. The molecule has 6 nitrogen and oxygen atoms in total. The molecule has 0 aliphatic carbocycles. The molecule has 0 radical (unpaired) electrons. The van der Waals surface area contributed by atoms with Gasteiger partial charge in [-0.1, -0.05) is 0 Å². The number of rotatable bonds is 4. The van der Waals surface area contributed by atoms with E-state index in [1.165, 1.54) is 19.3 Å². The standard InChI is InChI=1S/C16H14F2N2O4/c1-16(13-3-2-6-24-13)14(22)20(15(23)19-16)8-12(21)10-7-9(17)4-5-11(10)18/h2-7,12,21H,8H2,1H3,(H,19,23)/t12-,16+/m1/s1. The van der Waals surface area contributed by atoms with Gasteiger partial charge in [0.1, 0.15) is 23.5 Å². The van der Waals surface area contributed by atoms with Gasteiger partial charge in [-0.15, -0.1) is 0 Å². The Morgan fingerprint density at radius 3 is 2.75 bits per heavy atom. The largest absolute Gasteiger partial charge is 0.466 e. The predicted molar refractivity (Wildman–Crippen MR) is 77.6 cm³/mol. The number of hydrogen-bond acceptors (Lipinski definition) is 4. The minimum Gasteiger partial charge on any atom is -0.466 e. The molecule has 1 aromatic carbocycles. The van der Waals surface area contributed by atoms with Gasteiger partial charge in [-0.3, -0.25) is 9.69 Å². The lowest BCUT2D eigenvalue weighted by Crippen LogP contribution is -2.41. The van der Waals surface area contributed by atoms with Crippen LogP contribution in [0.3, 0.4) is 0 Å². The summed E-state index contributed by atoms with van der Waals surface area (Å²) in [4.78, 5) is 25.4. The van der Waals surface area contributed by atoms with Crippen molar-refractivity contribution in [3.8, 4) is 0 Å². The van der Waals surface area contributed by atoms with E-state index in [2.05, 4.69) is 5.32 Å². The Kier molecular flexibility index (Phi) is 3.84. The van der Waals surface area contributed by atoms with Crippen LogP contribution in [-0.4, -0.2) is 28.5 Å². The molecule has 1 fully saturated rings. The first-order valence-corrected chi connectivity index (χ1v) is 7.14. The fraction of sp³-hybridized carbons (Fsp3) is 0.250. The molecule has 126 valence electrons. The highest BCUT2D eigenvalue weighted by Crippen LogP contribution is 2.30. The third-order valence-corrected chi connectivity index (χ3v) is 3.96. The summed E-state index contributed by atoms with van der Waals surface area (Å²) in [6, 6.07) is 4.95. The number of carbonyl (C=O) groups is 2. The fourth-order valence-corrected chi connectivity index (χ4v) is 2.63. The first-order valence-electron chi connectivity index (χ1n) is 7.14. The van der Waals surface area contributed by atoms with Crippen LogP contribution >= 0.6 is 0 Å². The third kappa shape index (κ3) is 2.54. The van der Waals surface area contributed by atoms with Gasteiger partial charge >= 0.3 is 6.03 Å². The van der Waals surface area contributed by atoms with Crippen LogP contribution in [0.4, 0.5) is 13.6 Å². The van der Waals surface area contributed by atoms with Crippen LogP contribution in [0.5, 0.6) is 0 Å². The lowest BCUT2D eigenvalue weighted by molar-refractivity contribution is -0.132. The number of benzene rings is 1. The molecule has 1 aliphatic heterocycles. The molecule has 3 rings (SSSR count). The van der Waals surface area contributed by atoms with Crippen molar-refractivity contribution in [2.75, 3.05) is 6.54 Å². The van der Waals surface area contributed by atoms with E-state index in [9.17, 15) is 23.5 Å². The van der Waals surface area contributed by atoms with E-state index in [1.807, 2.05) is 0 Å². The molecule has 1 saturated heterocycles. The van der Waals surface area contributed by atoms with Gasteiger partial charge in [-0.05, 0) is 37.3 Å². The van der Waals surface area contributed by atoms with Gasteiger partial charge in [-0.25, -0.2) is 13.6 Å². The molecule has 8 heteroatoms. The number of hydrogen-bond donors (Lipinski definition) is 2. The Balaban J connectivity index is 1.84. The van der Waals surface area contributed by atoms with Gasteiger partial charge < -0.3 is 14.8 Å². The van der Waals surface area contributed by atoms with Crippen LogP contribution in [0, 0.1) is 11.6 Å². The summed E-state index contributed by atoms with van der Waals surface area (Å²) in [6.07, 6.45) is -0.200. The number of nitrogens with zero attached hydrogens (tertiary/aromatic N) is 1. The predicted octanol–water partition coefficient (Wildman–Crippen LogP) is 2.06. The monoisotopic (exact) mass is 336 g/mol. The van der Waals surface area contributed by atoms with Crippen molar-refractivity contribution in [1.82, 2.24) is 10.2 Å². The van der Waals surface area contributed by atoms with E-state index in [0.29, 0.717) is 0 Å². The van der Waals surface area contributed by atoms with Crippen molar-refractivity contribution in [2.45, 2.75) is 18.6 Å². The smallest absolute Gasteiger partial charge is 0.325 e. The SMILES string of the molecule is C[C@@]1(c2ccco2)NC(=O)N(C[C@@H](O)c2cc(F)ccc2F)C1=O. The van der Waals surface area contributed by atoms with Gasteiger partial charge in [-0.2, -0.15) is 0 Å². The number of furan rings is 1. The summed E-state index contributed by atoms with van der Waals surface area (Å²) in [7, 11) is 0. The van der Waals surface area contributed by atoms with Crippen LogP contribution in [0.1, 0.15) is 24.4 Å². The lowest BCUT2D eigenvalue weighted by Gasteiger charge is -2.21. The summed E-state index contributed by atoms with van der Waals surface area (Å²) in [5, 5.41) is 12.6. The molecular weight excluding hydrogens is 322 g/mol. The van der Waals surface area contributed by atoms with Gasteiger partial charge in [0.15, 0.2) is 5.54 Å². The molecule has 24 heavy (non-hydrogen) atoms. The highest BCUT2D eigenvalue weighted by atomic mass is 19.1. The number of amides is 3. The number of carbonyl (C=O) groups excluding carboxylic acids is 2. The van der Waals surface area contributed by atoms with E-state index >= 15 is 0 Å². The summed E-state index contributed by atoms with van der Waals surface area (Å²) >= 11 is 0. The molecule has 1 aliphatic rings. The molecule has 2 heterocycles. The molecule has 2 aromatic rings. The number of β-amino-alcohol motifs (C(OH)–C–C–N with tert-alkyl or cyclic N) is 1. The number of urea groups is 1. The molecule has 2 N–H and O–H groups in total. The summed E-state index contributed by atoms with van der Waals surface area (Å²) in [5.41, 5.74) is -1.75. The van der Waals surface area contributed by atoms with E-state index in [4.69, 9.17) is 4.42 Å². The second-order valence-electron chi connectivity index (χ2n) is 5.63. The van der Waals surface area contributed by atoms with Crippen LogP contribution in [0.25, 0.3) is 0 Å². The van der Waals surface area contributed by atoms with E-state index in [1.54, 1.807) is 6.07 Å². The van der Waals surface area contributed by atoms with Crippen molar-refractivity contribution in [1.29, 1.82) is 0 Å². The number of imide groups is 1. The number of aliphatic hydroxyl groups is 1. The van der Waals surface area contributed by atoms with E-state index < -0.39 is 41.8 Å². The summed E-state index contributed by atoms with van der Waals surface area (Å²) in [5.74, 6) is -1.99. The van der Waals surface area contributed by atoms with Crippen LogP contribution in [0.2, 0.25) is 0 Å². The number of nitrogens with one attached hydrogen (secondary N) is 1. The summed E-state index contributed by atoms with van der Waals surface area (Å²) in [6.45, 7) is 0.947. The Morgan fingerprint density at radius 1 is 1.33 bits per heavy atom. The molecule has 3 amide bonds. The lowest BCUT2D eigenvalue weighted by atomic mass is 9.99. The zero-order chi connectivity index (χ0) is 17.5. The zero-order valence-corrected chi connectivity index (χ0v) is 12.6. The minimum absolute atomic E-state index is 0.231. The van der Waals surface area contributed by atoms with Gasteiger partial charge in [0, 0.05) is 5.56 Å². The average molecular weight is 336 g/mol. The van der Waals surface area contributed by atoms with E-state index in [0.717, 1.165) is 23.1 Å². The second kappa shape index (κ2) is 5.72. The molecular formula is C16H14F2N2O4. The second-order valence-corrected chi connectivity index (χ2v) is 5.63. The van der Waals surface area contributed by atoms with Crippen LogP contribution < -0.4 is 5.32 Å². The molecule has 1 aromatic heterocycles. The topological polar surface area (TPSA) is 82.8 Å². The van der Waals surface area contributed by atoms with Gasteiger partial charge in [0.05, 0.1) is 12.8 Å². The first kappa shape index (κ1) is 16.1. The van der Waals surface area contributed by atoms with Crippen molar-refractivity contribution in [2.24, 2.45) is 0 Å². The minimum atomic E-state index is -1.56. The number of halogens is 2. The number of aliphatic hydroxyl groups excluding tert-OH is 1. The van der Waals surface area contributed by atoms with Crippen molar-refractivity contribution < 1.29 is 27.9 Å². The van der Waals surface area contributed by atoms with Gasteiger partial charge in [0.2, 0.25) is 0 Å². The van der Waals surface area contributed by atoms with Crippen molar-refractivity contribution >= 4 is 11.9 Å². The quantitative estimate of drug-likeness (QED) is 0.837. The Bertz CT molecular complexity index is 793.